The number of anilines is 2. The van der Waals surface area contributed by atoms with Crippen molar-refractivity contribution >= 4 is 32.4 Å². The summed E-state index contributed by atoms with van der Waals surface area (Å²) in [4.78, 5) is 7.87. The molecule has 9 heteroatoms. The number of aromatic nitrogens is 4. The number of nitrogens with one attached hydrogen (secondary N) is 2. The Labute approximate surface area is 119 Å². The Morgan fingerprint density at radius 1 is 1.29 bits per heavy atom. The highest BCUT2D eigenvalue weighted by Crippen LogP contribution is 2.23. The number of sulfone groups is 1. The molecule has 0 amide bonds. The average molecular weight is 307 g/mol. The summed E-state index contributed by atoms with van der Waals surface area (Å²) in [5, 5.41) is 9.44. The molecule has 3 rings (SSSR count). The van der Waals surface area contributed by atoms with Gasteiger partial charge in [-0.3, -0.25) is 5.10 Å². The van der Waals surface area contributed by atoms with Crippen molar-refractivity contribution in [3.63, 3.8) is 0 Å². The Bertz CT molecular complexity index is 922. The molecule has 108 valence electrons. The fraction of sp³-hybridized carbons (Fsp3) is 0.0833. The molecule has 0 unspecified atom stereocenters. The van der Waals surface area contributed by atoms with E-state index in [0.29, 0.717) is 11.1 Å². The van der Waals surface area contributed by atoms with Crippen LogP contribution in [0.25, 0.3) is 11.0 Å². The van der Waals surface area contributed by atoms with E-state index in [2.05, 4.69) is 25.5 Å². The van der Waals surface area contributed by atoms with Crippen LogP contribution in [0, 0.1) is 5.82 Å². The molecule has 0 saturated carbocycles. The molecule has 0 bridgehead atoms. The van der Waals surface area contributed by atoms with Crippen LogP contribution in [0.3, 0.4) is 0 Å². The Balaban J connectivity index is 2.14. The van der Waals surface area contributed by atoms with E-state index in [4.69, 9.17) is 0 Å². The van der Waals surface area contributed by atoms with Gasteiger partial charge in [0.1, 0.15) is 11.6 Å². The van der Waals surface area contributed by atoms with Gasteiger partial charge >= 0.3 is 0 Å². The second kappa shape index (κ2) is 4.77. The number of hydrogen-bond acceptors (Lipinski definition) is 6. The van der Waals surface area contributed by atoms with E-state index in [1.807, 2.05) is 0 Å². The molecule has 0 radical (unpaired) electrons. The van der Waals surface area contributed by atoms with Gasteiger partial charge in [0.25, 0.3) is 5.16 Å². The van der Waals surface area contributed by atoms with Crippen LogP contribution in [0.5, 0.6) is 0 Å². The molecule has 0 aliphatic rings. The first-order valence-electron chi connectivity index (χ1n) is 5.87. The Morgan fingerprint density at radius 3 is 2.81 bits per heavy atom. The normalized spacial score (nSPS) is 11.7. The molecule has 3 aromatic rings. The molecule has 0 aliphatic heterocycles. The standard InChI is InChI=1S/C12H10FN5O2S/c1-21(19,20)12-16-10(9-6-14-18-11(9)17-12)15-8-4-2-3-7(13)5-8/h2-6H,1H3,(H2,14,15,16,17,18). The minimum atomic E-state index is -3.58. The molecule has 1 aromatic carbocycles. The molecule has 7 nitrogen and oxygen atoms in total. The quantitative estimate of drug-likeness (QED) is 0.713. The van der Waals surface area contributed by atoms with Crippen LogP contribution in [0.15, 0.2) is 35.6 Å². The number of hydrogen-bond donors (Lipinski definition) is 2. The maximum absolute atomic E-state index is 13.2. The smallest absolute Gasteiger partial charge is 0.250 e. The molecule has 0 spiro atoms. The number of H-pyrrole nitrogens is 1. The van der Waals surface area contributed by atoms with Gasteiger partial charge in [0, 0.05) is 11.9 Å². The monoisotopic (exact) mass is 307 g/mol. The van der Waals surface area contributed by atoms with Gasteiger partial charge in [0.15, 0.2) is 5.65 Å². The lowest BCUT2D eigenvalue weighted by atomic mass is 10.3. The summed E-state index contributed by atoms with van der Waals surface area (Å²) in [6, 6.07) is 5.74. The number of halogens is 1. The Morgan fingerprint density at radius 2 is 2.10 bits per heavy atom. The highest BCUT2D eigenvalue weighted by atomic mass is 32.2. The van der Waals surface area contributed by atoms with E-state index in [1.54, 1.807) is 6.07 Å². The van der Waals surface area contributed by atoms with Crippen LogP contribution < -0.4 is 5.32 Å². The molecule has 0 aliphatic carbocycles. The zero-order chi connectivity index (χ0) is 15.0. The summed E-state index contributed by atoms with van der Waals surface area (Å²) in [7, 11) is -3.58. The molecular weight excluding hydrogens is 297 g/mol. The first kappa shape index (κ1) is 13.4. The number of rotatable bonds is 3. The third-order valence-electron chi connectivity index (χ3n) is 2.71. The summed E-state index contributed by atoms with van der Waals surface area (Å²) in [6.07, 6.45) is 2.47. The molecule has 2 heterocycles. The van der Waals surface area contributed by atoms with E-state index in [0.717, 1.165) is 6.26 Å². The van der Waals surface area contributed by atoms with Crippen molar-refractivity contribution in [1.29, 1.82) is 0 Å². The van der Waals surface area contributed by atoms with E-state index in [1.165, 1.54) is 24.4 Å². The molecule has 21 heavy (non-hydrogen) atoms. The summed E-state index contributed by atoms with van der Waals surface area (Å²) in [5.41, 5.74) is 0.722. The molecule has 2 N–H and O–H groups in total. The maximum atomic E-state index is 13.2. The SMILES string of the molecule is CS(=O)(=O)c1nc(Nc2cccc(F)c2)c2cn[nH]c2n1. The third-order valence-corrected chi connectivity index (χ3v) is 3.55. The van der Waals surface area contributed by atoms with Crippen molar-refractivity contribution < 1.29 is 12.8 Å². The van der Waals surface area contributed by atoms with Gasteiger partial charge in [-0.05, 0) is 18.2 Å². The number of fused-ring (bicyclic) bond motifs is 1. The van der Waals surface area contributed by atoms with Gasteiger partial charge in [-0.25, -0.2) is 12.8 Å². The zero-order valence-electron chi connectivity index (χ0n) is 10.8. The predicted octanol–water partition coefficient (Wildman–Crippen LogP) is 1.64. The summed E-state index contributed by atoms with van der Waals surface area (Å²) in [6.45, 7) is 0. The average Bonchev–Trinajstić information content (AvgIpc) is 2.86. The van der Waals surface area contributed by atoms with Crippen LogP contribution in [0.1, 0.15) is 0 Å². The van der Waals surface area contributed by atoms with Crippen molar-refractivity contribution in [3.8, 4) is 0 Å². The summed E-state index contributed by atoms with van der Waals surface area (Å²) < 4.78 is 36.4. The topological polar surface area (TPSA) is 101 Å². The van der Waals surface area contributed by atoms with Crippen molar-refractivity contribution in [1.82, 2.24) is 20.2 Å². The minimum Gasteiger partial charge on any atom is -0.339 e. The molecule has 0 saturated heterocycles. The van der Waals surface area contributed by atoms with Gasteiger partial charge in [-0.2, -0.15) is 15.1 Å². The van der Waals surface area contributed by atoms with Crippen LogP contribution in [-0.4, -0.2) is 34.8 Å². The highest BCUT2D eigenvalue weighted by Gasteiger charge is 2.16. The lowest BCUT2D eigenvalue weighted by Crippen LogP contribution is -2.07. The van der Waals surface area contributed by atoms with Crippen molar-refractivity contribution in [3.05, 3.63) is 36.3 Å². The van der Waals surface area contributed by atoms with Crippen LogP contribution >= 0.6 is 0 Å². The van der Waals surface area contributed by atoms with E-state index in [9.17, 15) is 12.8 Å². The van der Waals surface area contributed by atoms with Gasteiger partial charge < -0.3 is 5.32 Å². The highest BCUT2D eigenvalue weighted by molar-refractivity contribution is 7.90. The van der Waals surface area contributed by atoms with Gasteiger partial charge in [-0.15, -0.1) is 0 Å². The molecule has 0 atom stereocenters. The molecule has 2 aromatic heterocycles. The van der Waals surface area contributed by atoms with Crippen LogP contribution in [0.2, 0.25) is 0 Å². The van der Waals surface area contributed by atoms with E-state index in [-0.39, 0.29) is 16.6 Å². The Hall–Kier alpha value is -2.55. The van der Waals surface area contributed by atoms with Gasteiger partial charge in [0.2, 0.25) is 9.84 Å². The van der Waals surface area contributed by atoms with Crippen LogP contribution in [-0.2, 0) is 9.84 Å². The number of aromatic amines is 1. The summed E-state index contributed by atoms with van der Waals surface area (Å²) >= 11 is 0. The number of benzene rings is 1. The zero-order valence-corrected chi connectivity index (χ0v) is 11.6. The minimum absolute atomic E-state index is 0.236. The van der Waals surface area contributed by atoms with Crippen molar-refractivity contribution in [2.24, 2.45) is 0 Å². The van der Waals surface area contributed by atoms with Gasteiger partial charge in [0.05, 0.1) is 11.6 Å². The number of nitrogens with zero attached hydrogens (tertiary/aromatic N) is 3. The second-order valence-electron chi connectivity index (χ2n) is 4.39. The van der Waals surface area contributed by atoms with Gasteiger partial charge in [-0.1, -0.05) is 6.07 Å². The molecule has 0 fully saturated rings. The largest absolute Gasteiger partial charge is 0.339 e. The fourth-order valence-electron chi connectivity index (χ4n) is 1.78. The lowest BCUT2D eigenvalue weighted by molar-refractivity contribution is 0.594. The first-order valence-corrected chi connectivity index (χ1v) is 7.76. The Kier molecular flexibility index (Phi) is 3.05. The van der Waals surface area contributed by atoms with Crippen molar-refractivity contribution in [2.75, 3.05) is 11.6 Å². The van der Waals surface area contributed by atoms with E-state index < -0.39 is 15.7 Å². The maximum Gasteiger partial charge on any atom is 0.250 e. The lowest BCUT2D eigenvalue weighted by Gasteiger charge is -2.07. The predicted molar refractivity (Wildman–Crippen MR) is 74.5 cm³/mol. The second-order valence-corrected chi connectivity index (χ2v) is 6.30. The van der Waals surface area contributed by atoms with Crippen molar-refractivity contribution in [2.45, 2.75) is 5.16 Å². The summed E-state index contributed by atoms with van der Waals surface area (Å²) in [5.74, 6) is -0.180. The third kappa shape index (κ3) is 2.68. The fourth-order valence-corrected chi connectivity index (χ4v) is 2.29. The van der Waals surface area contributed by atoms with E-state index >= 15 is 0 Å². The van der Waals surface area contributed by atoms with Crippen LogP contribution in [0.4, 0.5) is 15.9 Å². The molecular formula is C12H10FN5O2S. The first-order chi connectivity index (χ1) is 9.93.